The number of ketones is 1. The van der Waals surface area contributed by atoms with Crippen LogP contribution >= 0.6 is 0 Å². The molecule has 1 nitrogen and oxygen atoms in total. The molecule has 0 aromatic heterocycles. The highest BCUT2D eigenvalue weighted by Crippen LogP contribution is 2.72. The second kappa shape index (κ2) is 3.21. The number of carbonyl (C=O) groups excluding carboxylic acids is 1. The first-order chi connectivity index (χ1) is 7.55. The van der Waals surface area contributed by atoms with Crippen LogP contribution in [0.4, 0.5) is 0 Å². The minimum atomic E-state index is 0.392. The lowest BCUT2D eigenvalue weighted by atomic mass is 9.72. The third kappa shape index (κ3) is 1.26. The Morgan fingerprint density at radius 2 is 2.12 bits per heavy atom. The maximum Gasteiger partial charge on any atom is 0.155 e. The first-order valence-corrected chi connectivity index (χ1v) is 6.79. The number of carbonyl (C=O) groups is 1. The molecule has 88 valence electrons. The molecule has 0 spiro atoms. The highest BCUT2D eigenvalue weighted by molar-refractivity contribution is 5.92. The van der Waals surface area contributed by atoms with Gasteiger partial charge in [0.15, 0.2) is 5.78 Å². The lowest BCUT2D eigenvalue weighted by Gasteiger charge is -2.31. The van der Waals surface area contributed by atoms with Gasteiger partial charge in [0.1, 0.15) is 0 Å². The van der Waals surface area contributed by atoms with Crippen molar-refractivity contribution >= 4 is 5.78 Å². The summed E-state index contributed by atoms with van der Waals surface area (Å²) < 4.78 is 0. The molecular formula is C15H22O. The third-order valence-corrected chi connectivity index (χ3v) is 5.39. The van der Waals surface area contributed by atoms with Crippen molar-refractivity contribution in [3.63, 3.8) is 0 Å². The summed E-state index contributed by atoms with van der Waals surface area (Å²) in [6.07, 6.45) is 6.49. The summed E-state index contributed by atoms with van der Waals surface area (Å²) >= 11 is 0. The van der Waals surface area contributed by atoms with Gasteiger partial charge < -0.3 is 0 Å². The Bertz CT molecular complexity index is 364. The van der Waals surface area contributed by atoms with E-state index < -0.39 is 0 Å². The van der Waals surface area contributed by atoms with Gasteiger partial charge in [0.25, 0.3) is 0 Å². The normalized spacial score (nSPS) is 43.7. The predicted molar refractivity (Wildman–Crippen MR) is 65.0 cm³/mol. The quantitative estimate of drug-likeness (QED) is 0.692. The van der Waals surface area contributed by atoms with E-state index in [0.29, 0.717) is 17.1 Å². The van der Waals surface area contributed by atoms with E-state index >= 15 is 0 Å². The van der Waals surface area contributed by atoms with E-state index in [2.05, 4.69) is 20.8 Å². The van der Waals surface area contributed by atoms with Crippen LogP contribution in [0.2, 0.25) is 0 Å². The van der Waals surface area contributed by atoms with Crippen LogP contribution < -0.4 is 0 Å². The van der Waals surface area contributed by atoms with Crippen LogP contribution in [0.5, 0.6) is 0 Å². The van der Waals surface area contributed by atoms with Gasteiger partial charge >= 0.3 is 0 Å². The molecule has 3 aliphatic carbocycles. The first-order valence-electron chi connectivity index (χ1n) is 6.79. The summed E-state index contributed by atoms with van der Waals surface area (Å²) in [4.78, 5) is 11.7. The minimum absolute atomic E-state index is 0.392. The molecule has 0 saturated heterocycles. The van der Waals surface area contributed by atoms with Crippen LogP contribution in [-0.2, 0) is 4.79 Å². The van der Waals surface area contributed by atoms with Gasteiger partial charge in [-0.15, -0.1) is 0 Å². The number of allylic oxidation sites excluding steroid dienone is 2. The average Bonchev–Trinajstić information content (AvgIpc) is 2.60. The van der Waals surface area contributed by atoms with Crippen LogP contribution in [0.1, 0.15) is 46.5 Å². The highest BCUT2D eigenvalue weighted by Gasteiger charge is 2.66. The van der Waals surface area contributed by atoms with Crippen molar-refractivity contribution in [2.75, 3.05) is 0 Å². The number of fused-ring (bicyclic) bond motifs is 3. The van der Waals surface area contributed by atoms with Crippen molar-refractivity contribution in [1.29, 1.82) is 0 Å². The van der Waals surface area contributed by atoms with Crippen molar-refractivity contribution in [3.05, 3.63) is 11.6 Å². The molecule has 4 atom stereocenters. The monoisotopic (exact) mass is 218 g/mol. The molecule has 3 rings (SSSR count). The van der Waals surface area contributed by atoms with Crippen LogP contribution in [0.15, 0.2) is 11.6 Å². The maximum atomic E-state index is 11.7. The van der Waals surface area contributed by atoms with Crippen LogP contribution in [0, 0.1) is 29.1 Å². The summed E-state index contributed by atoms with van der Waals surface area (Å²) in [5, 5.41) is 0. The molecule has 3 aliphatic rings. The van der Waals surface area contributed by atoms with Gasteiger partial charge in [-0.3, -0.25) is 4.79 Å². The zero-order valence-electron chi connectivity index (χ0n) is 10.6. The predicted octanol–water partition coefficient (Wildman–Crippen LogP) is 3.59. The van der Waals surface area contributed by atoms with E-state index in [1.165, 1.54) is 24.8 Å². The average molecular weight is 218 g/mol. The van der Waals surface area contributed by atoms with Gasteiger partial charge in [0.2, 0.25) is 0 Å². The Labute approximate surface area is 98.3 Å². The van der Waals surface area contributed by atoms with E-state index in [9.17, 15) is 4.79 Å². The van der Waals surface area contributed by atoms with Gasteiger partial charge in [-0.2, -0.15) is 0 Å². The zero-order valence-corrected chi connectivity index (χ0v) is 10.6. The Balaban J connectivity index is 1.89. The standard InChI is InChI=1S/C15H22O/c1-4-5-9-6-11(16)7-10-8-12-14(13(9)10)15(12,2)3/h7,9,12-14H,4-6,8H2,1-3H3/t9?,12-,13-,14-/m1/s1. The van der Waals surface area contributed by atoms with E-state index in [1.54, 1.807) is 0 Å². The summed E-state index contributed by atoms with van der Waals surface area (Å²) in [5.41, 5.74) is 2.07. The topological polar surface area (TPSA) is 17.1 Å². The first kappa shape index (κ1) is 10.6. The SMILES string of the molecule is CCCC1CC(=O)C=C2C[C@@H]3[C@H]([C@@H]21)C3(C)C. The van der Waals surface area contributed by atoms with Crippen molar-refractivity contribution in [1.82, 2.24) is 0 Å². The van der Waals surface area contributed by atoms with Crippen molar-refractivity contribution in [2.24, 2.45) is 29.1 Å². The lowest BCUT2D eigenvalue weighted by Crippen LogP contribution is -2.26. The van der Waals surface area contributed by atoms with Crippen LogP contribution in [0.25, 0.3) is 0 Å². The second-order valence-electron chi connectivity index (χ2n) is 6.62. The molecule has 2 saturated carbocycles. The summed E-state index contributed by atoms with van der Waals surface area (Å²) in [7, 11) is 0. The van der Waals surface area contributed by atoms with E-state index in [-0.39, 0.29) is 0 Å². The third-order valence-electron chi connectivity index (χ3n) is 5.39. The number of hydrogen-bond donors (Lipinski definition) is 0. The highest BCUT2D eigenvalue weighted by atomic mass is 16.1. The molecule has 0 aromatic rings. The molecule has 0 N–H and O–H groups in total. The van der Waals surface area contributed by atoms with Crippen molar-refractivity contribution in [3.8, 4) is 0 Å². The fourth-order valence-corrected chi connectivity index (χ4v) is 4.56. The Kier molecular flexibility index (Phi) is 2.12. The number of rotatable bonds is 2. The molecule has 2 fully saturated rings. The summed E-state index contributed by atoms with van der Waals surface area (Å²) in [6.45, 7) is 7.07. The largest absolute Gasteiger partial charge is 0.295 e. The van der Waals surface area contributed by atoms with Crippen LogP contribution in [-0.4, -0.2) is 5.78 Å². The second-order valence-corrected chi connectivity index (χ2v) is 6.62. The molecule has 0 aliphatic heterocycles. The van der Waals surface area contributed by atoms with Crippen molar-refractivity contribution in [2.45, 2.75) is 46.5 Å². The molecule has 16 heavy (non-hydrogen) atoms. The molecule has 0 amide bonds. The smallest absolute Gasteiger partial charge is 0.155 e. The van der Waals surface area contributed by atoms with Gasteiger partial charge in [-0.1, -0.05) is 32.8 Å². The van der Waals surface area contributed by atoms with E-state index in [1.807, 2.05) is 6.08 Å². The molecule has 0 heterocycles. The van der Waals surface area contributed by atoms with E-state index in [0.717, 1.165) is 24.2 Å². The lowest BCUT2D eigenvalue weighted by molar-refractivity contribution is -0.116. The molecule has 0 aromatic carbocycles. The van der Waals surface area contributed by atoms with Crippen LogP contribution in [0.3, 0.4) is 0 Å². The molecular weight excluding hydrogens is 196 g/mol. The Morgan fingerprint density at radius 3 is 2.81 bits per heavy atom. The van der Waals surface area contributed by atoms with Gasteiger partial charge in [0, 0.05) is 6.42 Å². The summed E-state index contributed by atoms with van der Waals surface area (Å²) in [6, 6.07) is 0. The maximum absolute atomic E-state index is 11.7. The number of hydrogen-bond acceptors (Lipinski definition) is 1. The van der Waals surface area contributed by atoms with Gasteiger partial charge in [-0.05, 0) is 48.0 Å². The van der Waals surface area contributed by atoms with Gasteiger partial charge in [-0.25, -0.2) is 0 Å². The van der Waals surface area contributed by atoms with Crippen molar-refractivity contribution < 1.29 is 4.79 Å². The minimum Gasteiger partial charge on any atom is -0.295 e. The fraction of sp³-hybridized carbons (Fsp3) is 0.800. The fourth-order valence-electron chi connectivity index (χ4n) is 4.56. The van der Waals surface area contributed by atoms with Gasteiger partial charge in [0.05, 0.1) is 0 Å². The molecule has 1 unspecified atom stereocenters. The molecule has 0 radical (unpaired) electrons. The summed E-state index contributed by atoms with van der Waals surface area (Å²) in [5.74, 6) is 3.59. The Hall–Kier alpha value is -0.590. The molecule has 1 heteroatoms. The zero-order chi connectivity index (χ0) is 11.5. The Morgan fingerprint density at radius 1 is 1.38 bits per heavy atom. The molecule has 0 bridgehead atoms. The van der Waals surface area contributed by atoms with E-state index in [4.69, 9.17) is 0 Å².